The maximum absolute atomic E-state index is 11.6. The normalized spacial score (nSPS) is 12.0. The molecule has 1 saturated heterocycles. The lowest BCUT2D eigenvalue weighted by Crippen LogP contribution is -2.43. The fourth-order valence-corrected chi connectivity index (χ4v) is 3.05. The van der Waals surface area contributed by atoms with Gasteiger partial charge in [-0.3, -0.25) is 9.59 Å². The van der Waals surface area contributed by atoms with E-state index < -0.39 is 0 Å². The fraction of sp³-hybridized carbons (Fsp3) is 0.457. The highest BCUT2D eigenvalue weighted by Crippen LogP contribution is 2.19. The summed E-state index contributed by atoms with van der Waals surface area (Å²) in [5.41, 5.74) is 2.04. The first-order valence-corrected chi connectivity index (χ1v) is 14.1. The highest BCUT2D eigenvalue weighted by Gasteiger charge is 2.31. The van der Waals surface area contributed by atoms with Crippen LogP contribution in [-0.4, -0.2) is 47.8 Å². The van der Waals surface area contributed by atoms with E-state index in [2.05, 4.69) is 77.2 Å². The van der Waals surface area contributed by atoms with Gasteiger partial charge < -0.3 is 15.0 Å². The number of amides is 1. The number of carbonyl (C=O) groups is 2. The van der Waals surface area contributed by atoms with Gasteiger partial charge in [-0.05, 0) is 37.9 Å². The number of carbonyl (C=O) groups excluding carboxylic acids is 2. The number of likely N-dealkylation sites (tertiary alicyclic amines) is 1. The Bertz CT molecular complexity index is 928. The molecule has 1 fully saturated rings. The number of aromatic nitrogens is 1. The van der Waals surface area contributed by atoms with Crippen molar-refractivity contribution in [2.24, 2.45) is 5.92 Å². The molecule has 41 heavy (non-hydrogen) atoms. The minimum Gasteiger partial charge on any atom is -0.481 e. The lowest BCUT2D eigenvalue weighted by atomic mass is 10.1. The van der Waals surface area contributed by atoms with Crippen LogP contribution in [0.1, 0.15) is 74.7 Å². The SMILES string of the molecule is C#C.C#C.C=CNCC(=O)N1CCC[C@H]1C(C)=O.CC.CC(C)C.CCC.COc1cccc(-c2ccccc2)n1. The smallest absolute Gasteiger partial charge is 0.242 e. The molecule has 0 aliphatic carbocycles. The van der Waals surface area contributed by atoms with Crippen molar-refractivity contribution in [2.75, 3.05) is 20.2 Å². The van der Waals surface area contributed by atoms with Crippen LogP contribution in [0.3, 0.4) is 0 Å². The molecule has 6 nitrogen and oxygen atoms in total. The number of pyridine rings is 1. The van der Waals surface area contributed by atoms with E-state index in [0.29, 0.717) is 12.4 Å². The first kappa shape index (κ1) is 44.0. The van der Waals surface area contributed by atoms with Gasteiger partial charge in [0, 0.05) is 18.2 Å². The number of hydrogen-bond donors (Lipinski definition) is 1. The van der Waals surface area contributed by atoms with Gasteiger partial charge in [0.2, 0.25) is 11.8 Å². The highest BCUT2D eigenvalue weighted by atomic mass is 16.5. The summed E-state index contributed by atoms with van der Waals surface area (Å²) in [7, 11) is 1.62. The lowest BCUT2D eigenvalue weighted by molar-refractivity contribution is -0.136. The molecule has 0 spiro atoms. The quantitative estimate of drug-likeness (QED) is 0.364. The third-order valence-electron chi connectivity index (χ3n) is 4.44. The van der Waals surface area contributed by atoms with Crippen molar-refractivity contribution >= 4 is 11.7 Å². The van der Waals surface area contributed by atoms with E-state index in [-0.39, 0.29) is 24.3 Å². The molecule has 0 bridgehead atoms. The molecular weight excluding hydrogens is 510 g/mol. The summed E-state index contributed by atoms with van der Waals surface area (Å²) in [6.45, 7) is 20.7. The molecule has 1 aromatic carbocycles. The van der Waals surface area contributed by atoms with E-state index in [1.807, 2.05) is 62.4 Å². The van der Waals surface area contributed by atoms with Crippen LogP contribution in [0, 0.1) is 31.6 Å². The Morgan fingerprint density at radius 2 is 1.56 bits per heavy atom. The van der Waals surface area contributed by atoms with Crippen LogP contribution in [0.5, 0.6) is 5.88 Å². The zero-order chi connectivity index (χ0) is 32.6. The first-order chi connectivity index (χ1) is 19.7. The number of ketones is 1. The van der Waals surface area contributed by atoms with Crippen LogP contribution >= 0.6 is 0 Å². The number of methoxy groups -OCH3 is 1. The van der Waals surface area contributed by atoms with Gasteiger partial charge in [0.05, 0.1) is 25.4 Å². The van der Waals surface area contributed by atoms with Crippen LogP contribution in [0.15, 0.2) is 61.3 Å². The van der Waals surface area contributed by atoms with Crippen molar-refractivity contribution in [3.05, 3.63) is 61.3 Å². The number of nitrogens with one attached hydrogen (secondary N) is 1. The molecule has 0 radical (unpaired) electrons. The molecule has 1 aliphatic rings. The second kappa shape index (κ2) is 32.2. The monoisotopic (exact) mass is 565 g/mol. The molecule has 0 saturated carbocycles. The molecule has 228 valence electrons. The maximum Gasteiger partial charge on any atom is 0.242 e. The molecular formula is C35H55N3O3. The van der Waals surface area contributed by atoms with Crippen molar-refractivity contribution in [1.29, 1.82) is 0 Å². The van der Waals surface area contributed by atoms with Crippen LogP contribution in [0.2, 0.25) is 0 Å². The number of benzene rings is 1. The van der Waals surface area contributed by atoms with Crippen LogP contribution in [-0.2, 0) is 9.59 Å². The van der Waals surface area contributed by atoms with Gasteiger partial charge >= 0.3 is 0 Å². The van der Waals surface area contributed by atoms with E-state index in [4.69, 9.17) is 4.74 Å². The summed E-state index contributed by atoms with van der Waals surface area (Å²) in [5.74, 6) is 1.53. The number of Topliss-reactive ketones (excluding diaryl/α,β-unsaturated/α-hetero) is 1. The van der Waals surface area contributed by atoms with Crippen molar-refractivity contribution in [3.63, 3.8) is 0 Å². The molecule has 6 heteroatoms. The summed E-state index contributed by atoms with van der Waals surface area (Å²) in [4.78, 5) is 28.8. The van der Waals surface area contributed by atoms with Gasteiger partial charge in [-0.2, -0.15) is 0 Å². The van der Waals surface area contributed by atoms with Crippen LogP contribution < -0.4 is 10.1 Å². The number of ether oxygens (including phenoxy) is 1. The largest absolute Gasteiger partial charge is 0.481 e. The molecule has 2 heterocycles. The van der Waals surface area contributed by atoms with Crippen molar-refractivity contribution in [1.82, 2.24) is 15.2 Å². The number of hydrogen-bond acceptors (Lipinski definition) is 5. The Kier molecular flexibility index (Phi) is 34.5. The summed E-state index contributed by atoms with van der Waals surface area (Å²) >= 11 is 0. The third kappa shape index (κ3) is 23.6. The minimum absolute atomic E-state index is 0.0254. The molecule has 0 unspecified atom stereocenters. The number of nitrogens with zero attached hydrogens (tertiary/aromatic N) is 2. The van der Waals surface area contributed by atoms with E-state index in [1.165, 1.54) is 19.5 Å². The van der Waals surface area contributed by atoms with E-state index >= 15 is 0 Å². The topological polar surface area (TPSA) is 71.5 Å². The van der Waals surface area contributed by atoms with Gasteiger partial charge in [-0.1, -0.05) is 97.9 Å². The van der Waals surface area contributed by atoms with Gasteiger partial charge in [-0.25, -0.2) is 4.98 Å². The second-order valence-corrected chi connectivity index (χ2v) is 8.81. The van der Waals surface area contributed by atoms with E-state index in [9.17, 15) is 9.59 Å². The summed E-state index contributed by atoms with van der Waals surface area (Å²) in [5, 5.41) is 2.75. The zero-order valence-corrected chi connectivity index (χ0v) is 27.0. The van der Waals surface area contributed by atoms with Gasteiger partial charge in [0.1, 0.15) is 0 Å². The average Bonchev–Trinajstić information content (AvgIpc) is 3.51. The van der Waals surface area contributed by atoms with Gasteiger partial charge in [-0.15, -0.1) is 25.7 Å². The summed E-state index contributed by atoms with van der Waals surface area (Å²) in [6.07, 6.45) is 20.5. The first-order valence-electron chi connectivity index (χ1n) is 14.1. The fourth-order valence-electron chi connectivity index (χ4n) is 3.05. The molecule has 1 aromatic heterocycles. The van der Waals surface area contributed by atoms with Crippen LogP contribution in [0.25, 0.3) is 11.3 Å². The predicted octanol–water partition coefficient (Wildman–Crippen LogP) is 7.66. The molecule has 1 atom stereocenters. The average molecular weight is 566 g/mol. The standard InChI is InChI=1S/C12H11NO.C10H16N2O2.C4H10.C3H8.C2H6.2C2H2/c1-14-12-9-5-8-11(13-12)10-6-3-2-4-7-10;1-3-11-7-10(14)12-6-4-5-9(12)8(2)13;1-4(2)3;1-3-2;3*1-2/h2-9H,1H3;3,9,11H,1,4-7H2,2H3;4H,1-3H3;3H2,1-2H3;1-2H3;2*1-2H/t;9-;;;;;/m.0...../s1. The Balaban J connectivity index is -0.000000238. The molecule has 2 aromatic rings. The molecule has 1 amide bonds. The number of rotatable bonds is 6. The minimum atomic E-state index is -0.200. The third-order valence-corrected chi connectivity index (χ3v) is 4.44. The summed E-state index contributed by atoms with van der Waals surface area (Å²) in [6, 6.07) is 15.6. The highest BCUT2D eigenvalue weighted by molar-refractivity contribution is 5.88. The second-order valence-electron chi connectivity index (χ2n) is 8.81. The van der Waals surface area contributed by atoms with Crippen molar-refractivity contribution in [2.45, 2.75) is 80.7 Å². The Labute approximate surface area is 252 Å². The predicted molar refractivity (Wildman–Crippen MR) is 177 cm³/mol. The molecule has 3 rings (SSSR count). The van der Waals surface area contributed by atoms with Crippen molar-refractivity contribution in [3.8, 4) is 42.8 Å². The molecule has 1 aliphatic heterocycles. The zero-order valence-electron chi connectivity index (χ0n) is 27.0. The van der Waals surface area contributed by atoms with Gasteiger partial charge in [0.15, 0.2) is 5.78 Å². The summed E-state index contributed by atoms with van der Waals surface area (Å²) < 4.78 is 5.07. The van der Waals surface area contributed by atoms with Gasteiger partial charge in [0.25, 0.3) is 0 Å². The Morgan fingerprint density at radius 1 is 1.05 bits per heavy atom. The van der Waals surface area contributed by atoms with Crippen LogP contribution in [0.4, 0.5) is 0 Å². The Hall–Kier alpha value is -4.03. The maximum atomic E-state index is 11.6. The lowest BCUT2D eigenvalue weighted by Gasteiger charge is -2.22. The van der Waals surface area contributed by atoms with Crippen molar-refractivity contribution < 1.29 is 14.3 Å². The Morgan fingerprint density at radius 3 is 2.00 bits per heavy atom. The number of terminal acetylenes is 2. The van der Waals surface area contributed by atoms with E-state index in [0.717, 1.165) is 30.0 Å². The molecule has 1 N–H and O–H groups in total. The van der Waals surface area contributed by atoms with E-state index in [1.54, 1.807) is 12.0 Å².